The van der Waals surface area contributed by atoms with Crippen LogP contribution in [0.3, 0.4) is 0 Å². The Labute approximate surface area is 43.6 Å². The molecule has 0 aromatic carbocycles. The van der Waals surface area contributed by atoms with E-state index in [2.05, 4.69) is 5.73 Å². The summed E-state index contributed by atoms with van der Waals surface area (Å²) in [4.78, 5) is 0. The van der Waals surface area contributed by atoms with Crippen LogP contribution >= 0.6 is 0 Å². The van der Waals surface area contributed by atoms with Crippen LogP contribution in [-0.2, 0) is 0 Å². The van der Waals surface area contributed by atoms with Crippen molar-refractivity contribution in [2.75, 3.05) is 13.2 Å². The summed E-state index contributed by atoms with van der Waals surface area (Å²) in [7, 11) is 0. The van der Waals surface area contributed by atoms with Crippen LogP contribution in [0.15, 0.2) is 12.2 Å². The van der Waals surface area contributed by atoms with Gasteiger partial charge < -0.3 is 10.8 Å². The second kappa shape index (κ2) is 5.66. The second-order valence-electron chi connectivity index (χ2n) is 1.27. The Kier molecular flexibility index (Phi) is 5.39. The summed E-state index contributed by atoms with van der Waals surface area (Å²) in [5, 5.41) is 8.22. The Hall–Kier alpha value is -0.340. The molecule has 0 fully saturated rings. The molecule has 0 bridgehead atoms. The smallest absolute Gasteiger partial charge is 0.0926 e. The molecule has 0 radical (unpaired) electrons. The van der Waals surface area contributed by atoms with E-state index in [9.17, 15) is 0 Å². The van der Waals surface area contributed by atoms with E-state index in [0.717, 1.165) is 13.0 Å². The van der Waals surface area contributed by atoms with Crippen LogP contribution in [-0.4, -0.2) is 18.3 Å². The molecular formula is C5H12NO+. The quantitative estimate of drug-likeness (QED) is 0.449. The summed E-state index contributed by atoms with van der Waals surface area (Å²) in [6, 6.07) is 0. The third-order valence-corrected chi connectivity index (χ3v) is 0.629. The zero-order valence-corrected chi connectivity index (χ0v) is 4.43. The van der Waals surface area contributed by atoms with Crippen molar-refractivity contribution in [3.8, 4) is 0 Å². The highest BCUT2D eigenvalue weighted by molar-refractivity contribution is 4.79. The van der Waals surface area contributed by atoms with E-state index in [1.807, 2.05) is 12.2 Å². The van der Waals surface area contributed by atoms with Gasteiger partial charge in [-0.1, -0.05) is 6.08 Å². The van der Waals surface area contributed by atoms with Gasteiger partial charge in [-0.2, -0.15) is 0 Å². The molecule has 0 amide bonds. The van der Waals surface area contributed by atoms with Gasteiger partial charge >= 0.3 is 0 Å². The molecule has 0 aliphatic rings. The van der Waals surface area contributed by atoms with E-state index in [4.69, 9.17) is 5.11 Å². The summed E-state index contributed by atoms with van der Waals surface area (Å²) >= 11 is 0. The van der Waals surface area contributed by atoms with Crippen molar-refractivity contribution in [3.05, 3.63) is 12.2 Å². The normalized spacial score (nSPS) is 10.6. The first kappa shape index (κ1) is 6.66. The lowest BCUT2D eigenvalue weighted by Crippen LogP contribution is -2.49. The molecule has 0 spiro atoms. The minimum absolute atomic E-state index is 0.247. The third-order valence-electron chi connectivity index (χ3n) is 0.629. The third kappa shape index (κ3) is 5.66. The van der Waals surface area contributed by atoms with Crippen LogP contribution in [0.1, 0.15) is 6.42 Å². The predicted octanol–water partition coefficient (Wildman–Crippen LogP) is -0.833. The monoisotopic (exact) mass is 102 g/mol. The Balaban J connectivity index is 2.78. The van der Waals surface area contributed by atoms with Gasteiger partial charge in [-0.3, -0.25) is 0 Å². The molecule has 0 rings (SSSR count). The fourth-order valence-electron chi connectivity index (χ4n) is 0.310. The van der Waals surface area contributed by atoms with Crippen LogP contribution in [0.25, 0.3) is 0 Å². The van der Waals surface area contributed by atoms with Gasteiger partial charge in [0.2, 0.25) is 0 Å². The fraction of sp³-hybridized carbons (Fsp3) is 0.600. The molecule has 7 heavy (non-hydrogen) atoms. The minimum Gasteiger partial charge on any atom is -0.396 e. The zero-order chi connectivity index (χ0) is 5.54. The summed E-state index contributed by atoms with van der Waals surface area (Å²) in [6.07, 6.45) is 4.62. The lowest BCUT2D eigenvalue weighted by atomic mass is 10.4. The molecule has 0 atom stereocenters. The topological polar surface area (TPSA) is 47.9 Å². The molecular weight excluding hydrogens is 90.1 g/mol. The molecule has 2 heteroatoms. The maximum Gasteiger partial charge on any atom is 0.0926 e. The van der Waals surface area contributed by atoms with Crippen molar-refractivity contribution in [2.45, 2.75) is 6.42 Å². The number of aliphatic hydroxyl groups is 1. The molecule has 0 aromatic rings. The van der Waals surface area contributed by atoms with Crippen LogP contribution in [0.4, 0.5) is 0 Å². The molecule has 2 nitrogen and oxygen atoms in total. The molecule has 0 aromatic heterocycles. The average molecular weight is 102 g/mol. The molecule has 0 saturated carbocycles. The van der Waals surface area contributed by atoms with Crippen molar-refractivity contribution in [2.24, 2.45) is 0 Å². The van der Waals surface area contributed by atoms with Gasteiger partial charge in [-0.25, -0.2) is 0 Å². The van der Waals surface area contributed by atoms with Gasteiger partial charge in [0.15, 0.2) is 0 Å². The molecule has 0 heterocycles. The Morgan fingerprint density at radius 3 is 2.57 bits per heavy atom. The van der Waals surface area contributed by atoms with Crippen molar-refractivity contribution in [1.82, 2.24) is 0 Å². The van der Waals surface area contributed by atoms with Gasteiger partial charge in [-0.05, 0) is 12.5 Å². The maximum absolute atomic E-state index is 8.22. The highest BCUT2D eigenvalue weighted by Gasteiger charge is 1.70. The maximum atomic E-state index is 8.22. The van der Waals surface area contributed by atoms with Crippen molar-refractivity contribution in [3.63, 3.8) is 0 Å². The summed E-state index contributed by atoms with van der Waals surface area (Å²) < 4.78 is 0. The Morgan fingerprint density at radius 2 is 2.14 bits per heavy atom. The molecule has 4 N–H and O–H groups in total. The number of hydrogen-bond donors (Lipinski definition) is 2. The number of aliphatic hydroxyl groups excluding tert-OH is 1. The van der Waals surface area contributed by atoms with Crippen molar-refractivity contribution in [1.29, 1.82) is 0 Å². The SMILES string of the molecule is [NH3+]C/C=C/CCO. The van der Waals surface area contributed by atoms with E-state index in [0.29, 0.717) is 0 Å². The van der Waals surface area contributed by atoms with Crippen LogP contribution in [0.5, 0.6) is 0 Å². The van der Waals surface area contributed by atoms with Gasteiger partial charge in [0.1, 0.15) is 0 Å². The lowest BCUT2D eigenvalue weighted by Gasteiger charge is -1.78. The zero-order valence-electron chi connectivity index (χ0n) is 4.43. The second-order valence-corrected chi connectivity index (χ2v) is 1.27. The van der Waals surface area contributed by atoms with E-state index >= 15 is 0 Å². The highest BCUT2D eigenvalue weighted by Crippen LogP contribution is 1.75. The van der Waals surface area contributed by atoms with Crippen LogP contribution in [0.2, 0.25) is 0 Å². The predicted molar refractivity (Wildman–Crippen MR) is 28.6 cm³/mol. The highest BCUT2D eigenvalue weighted by atomic mass is 16.2. The minimum atomic E-state index is 0.247. The summed E-state index contributed by atoms with van der Waals surface area (Å²) in [5.74, 6) is 0. The average Bonchev–Trinajstić information content (AvgIpc) is 1.69. The van der Waals surface area contributed by atoms with Crippen molar-refractivity contribution < 1.29 is 10.8 Å². The van der Waals surface area contributed by atoms with E-state index < -0.39 is 0 Å². The Morgan fingerprint density at radius 1 is 1.43 bits per heavy atom. The largest absolute Gasteiger partial charge is 0.396 e. The number of quaternary nitrogens is 1. The molecule has 42 valence electrons. The van der Waals surface area contributed by atoms with Gasteiger partial charge in [0.25, 0.3) is 0 Å². The van der Waals surface area contributed by atoms with E-state index in [-0.39, 0.29) is 6.61 Å². The first-order valence-electron chi connectivity index (χ1n) is 2.47. The lowest BCUT2D eigenvalue weighted by molar-refractivity contribution is -0.352. The summed E-state index contributed by atoms with van der Waals surface area (Å²) in [6.45, 7) is 1.07. The molecule has 0 aliphatic carbocycles. The van der Waals surface area contributed by atoms with Gasteiger partial charge in [-0.15, -0.1) is 0 Å². The van der Waals surface area contributed by atoms with Crippen LogP contribution < -0.4 is 5.73 Å². The van der Waals surface area contributed by atoms with Gasteiger partial charge in [0, 0.05) is 6.61 Å². The Bertz CT molecular complexity index is 52.0. The summed E-state index contributed by atoms with van der Waals surface area (Å²) in [5.41, 5.74) is 3.59. The first-order chi connectivity index (χ1) is 3.41. The molecule has 0 saturated heterocycles. The molecule has 0 aliphatic heterocycles. The van der Waals surface area contributed by atoms with Crippen molar-refractivity contribution >= 4 is 0 Å². The van der Waals surface area contributed by atoms with E-state index in [1.165, 1.54) is 0 Å². The number of hydrogen-bond acceptors (Lipinski definition) is 1. The van der Waals surface area contributed by atoms with Gasteiger partial charge in [0.05, 0.1) is 6.54 Å². The number of rotatable bonds is 3. The molecule has 0 unspecified atom stereocenters. The van der Waals surface area contributed by atoms with E-state index in [1.54, 1.807) is 0 Å². The first-order valence-corrected chi connectivity index (χ1v) is 2.47. The standard InChI is InChI=1S/C5H11NO/c6-4-2-1-3-5-7/h1-2,7H,3-6H2/p+1/b2-1+. The van der Waals surface area contributed by atoms with Crippen LogP contribution in [0, 0.1) is 0 Å². The fourth-order valence-corrected chi connectivity index (χ4v) is 0.310.